The van der Waals surface area contributed by atoms with Crippen molar-refractivity contribution in [3.05, 3.63) is 106 Å². The first-order chi connectivity index (χ1) is 18.9. The highest BCUT2D eigenvalue weighted by atomic mass is 19.4. The van der Waals surface area contributed by atoms with Crippen LogP contribution in [0.3, 0.4) is 0 Å². The molecular weight excluding hydrogens is 532 g/mol. The average Bonchev–Trinajstić information content (AvgIpc) is 3.31. The van der Waals surface area contributed by atoms with Crippen LogP contribution in [0.1, 0.15) is 52.3 Å². The van der Waals surface area contributed by atoms with E-state index in [9.17, 15) is 26.3 Å². The molecule has 2 aliphatic rings. The van der Waals surface area contributed by atoms with E-state index in [-0.39, 0.29) is 29.4 Å². The molecule has 9 heteroatoms. The Kier molecular flexibility index (Phi) is 8.01. The molecule has 0 aromatic heterocycles. The van der Waals surface area contributed by atoms with Gasteiger partial charge < -0.3 is 9.47 Å². The third-order valence-electron chi connectivity index (χ3n) is 8.01. The largest absolute Gasteiger partial charge is 0.416 e. The second-order valence-electron chi connectivity index (χ2n) is 10.8. The summed E-state index contributed by atoms with van der Waals surface area (Å²) in [5, 5.41) is 0. The Morgan fingerprint density at radius 2 is 1.50 bits per heavy atom. The van der Waals surface area contributed by atoms with Crippen molar-refractivity contribution in [3.63, 3.8) is 0 Å². The molecule has 5 atom stereocenters. The molecule has 2 aliphatic heterocycles. The molecule has 214 valence electrons. The van der Waals surface area contributed by atoms with Crippen LogP contribution in [0.5, 0.6) is 0 Å². The molecule has 2 heterocycles. The Balaban J connectivity index is 1.43. The number of halogens is 6. The quantitative estimate of drug-likeness (QED) is 0.284. The first kappa shape index (κ1) is 28.6. The Bertz CT molecular complexity index is 1280. The van der Waals surface area contributed by atoms with Gasteiger partial charge in [-0.2, -0.15) is 26.3 Å². The lowest BCUT2D eigenvalue weighted by molar-refractivity contribution is -0.217. The lowest BCUT2D eigenvalue weighted by Crippen LogP contribution is -2.42. The molecule has 0 unspecified atom stereocenters. The predicted octanol–water partition coefficient (Wildman–Crippen LogP) is 8.00. The smallest absolute Gasteiger partial charge is 0.352 e. The zero-order valence-electron chi connectivity index (χ0n) is 22.2. The van der Waals surface area contributed by atoms with E-state index in [1.54, 1.807) is 0 Å². The fourth-order valence-electron chi connectivity index (χ4n) is 6.02. The molecule has 2 saturated heterocycles. The van der Waals surface area contributed by atoms with Crippen LogP contribution in [0.25, 0.3) is 0 Å². The van der Waals surface area contributed by atoms with Crippen LogP contribution in [0, 0.1) is 18.8 Å². The van der Waals surface area contributed by atoms with Crippen molar-refractivity contribution >= 4 is 0 Å². The summed E-state index contributed by atoms with van der Waals surface area (Å²) in [5.41, 5.74) is 0.309. The highest BCUT2D eigenvalue weighted by Gasteiger charge is 2.47. The second kappa shape index (κ2) is 11.2. The monoisotopic (exact) mass is 563 g/mol. The van der Waals surface area contributed by atoms with E-state index in [1.807, 2.05) is 49.4 Å². The van der Waals surface area contributed by atoms with Crippen molar-refractivity contribution in [1.29, 1.82) is 0 Å². The van der Waals surface area contributed by atoms with Gasteiger partial charge in [0.15, 0.2) is 6.29 Å². The number of benzene rings is 3. The number of hydrogen-bond acceptors (Lipinski definition) is 3. The number of likely N-dealkylation sites (tertiary alicyclic amines) is 1. The van der Waals surface area contributed by atoms with Crippen LogP contribution in [0.15, 0.2) is 72.8 Å². The lowest BCUT2D eigenvalue weighted by Gasteiger charge is -2.41. The lowest BCUT2D eigenvalue weighted by atomic mass is 9.76. The highest BCUT2D eigenvalue weighted by Crippen LogP contribution is 2.46. The van der Waals surface area contributed by atoms with Crippen LogP contribution in [-0.4, -0.2) is 30.9 Å². The normalized spacial score (nSPS) is 24.6. The number of alkyl halides is 6. The van der Waals surface area contributed by atoms with Crippen LogP contribution in [0.4, 0.5) is 26.3 Å². The zero-order chi connectivity index (χ0) is 28.7. The Morgan fingerprint density at radius 3 is 2.12 bits per heavy atom. The van der Waals surface area contributed by atoms with Crippen molar-refractivity contribution in [2.24, 2.45) is 11.8 Å². The molecular formula is C31H31F6NO2. The van der Waals surface area contributed by atoms with E-state index in [0.717, 1.165) is 42.9 Å². The van der Waals surface area contributed by atoms with Gasteiger partial charge in [0.05, 0.1) is 23.8 Å². The molecule has 40 heavy (non-hydrogen) atoms. The minimum atomic E-state index is -4.93. The summed E-state index contributed by atoms with van der Waals surface area (Å²) < 4.78 is 93.4. The summed E-state index contributed by atoms with van der Waals surface area (Å²) in [6.07, 6.45) is -11.8. The SMILES string of the molecule is Cc1ccccc1[C@@H]1[C@@H](O[C@H](C)c2cc(C(F)(F)F)cc(C(F)(F)F)c2)OC[C@@H]2CN(Cc3ccccc3)C[C@H]21. The minimum Gasteiger partial charge on any atom is -0.352 e. The Hall–Kier alpha value is -2.88. The van der Waals surface area contributed by atoms with Crippen LogP contribution in [-0.2, 0) is 28.4 Å². The number of nitrogens with zero attached hydrogens (tertiary/aromatic N) is 1. The number of aryl methyl sites for hydroxylation is 1. The van der Waals surface area contributed by atoms with Crippen LogP contribution < -0.4 is 0 Å². The van der Waals surface area contributed by atoms with E-state index in [4.69, 9.17) is 9.47 Å². The first-order valence-corrected chi connectivity index (χ1v) is 13.3. The molecule has 3 aromatic carbocycles. The molecule has 0 radical (unpaired) electrons. The Labute approximate surface area is 229 Å². The van der Waals surface area contributed by atoms with Crippen LogP contribution >= 0.6 is 0 Å². The van der Waals surface area contributed by atoms with Gasteiger partial charge in [0.2, 0.25) is 0 Å². The van der Waals surface area contributed by atoms with Crippen molar-refractivity contribution in [3.8, 4) is 0 Å². The van der Waals surface area contributed by atoms with Gasteiger partial charge in [-0.3, -0.25) is 4.90 Å². The van der Waals surface area contributed by atoms with E-state index < -0.39 is 35.9 Å². The molecule has 0 bridgehead atoms. The summed E-state index contributed by atoms with van der Waals surface area (Å²) >= 11 is 0. The second-order valence-corrected chi connectivity index (χ2v) is 10.8. The van der Waals surface area contributed by atoms with Gasteiger partial charge in [-0.05, 0) is 66.1 Å². The van der Waals surface area contributed by atoms with Gasteiger partial charge in [0.25, 0.3) is 0 Å². The van der Waals surface area contributed by atoms with Gasteiger partial charge in [0, 0.05) is 25.6 Å². The molecule has 0 amide bonds. The predicted molar refractivity (Wildman–Crippen MR) is 138 cm³/mol. The summed E-state index contributed by atoms with van der Waals surface area (Å²) in [7, 11) is 0. The van der Waals surface area contributed by atoms with Gasteiger partial charge in [0.1, 0.15) is 0 Å². The summed E-state index contributed by atoms with van der Waals surface area (Å²) in [5.74, 6) is 0.118. The maximum absolute atomic E-state index is 13.5. The van der Waals surface area contributed by atoms with Gasteiger partial charge >= 0.3 is 12.4 Å². The molecule has 0 saturated carbocycles. The topological polar surface area (TPSA) is 21.7 Å². The van der Waals surface area contributed by atoms with E-state index in [1.165, 1.54) is 12.5 Å². The maximum atomic E-state index is 13.5. The van der Waals surface area contributed by atoms with Crippen molar-refractivity contribution < 1.29 is 35.8 Å². The minimum absolute atomic E-state index is 0.133. The summed E-state index contributed by atoms with van der Waals surface area (Å²) in [6.45, 7) is 6.23. The zero-order valence-corrected chi connectivity index (χ0v) is 22.2. The highest BCUT2D eigenvalue weighted by molar-refractivity contribution is 5.35. The number of ether oxygens (including phenoxy) is 2. The molecule has 3 nitrogen and oxygen atoms in total. The number of fused-ring (bicyclic) bond motifs is 1. The molecule has 5 rings (SSSR count). The molecule has 0 aliphatic carbocycles. The third-order valence-corrected chi connectivity index (χ3v) is 8.01. The molecule has 2 fully saturated rings. The standard InChI is InChI=1S/C31H31F6NO2/c1-19-8-6-7-11-26(19)28-27-17-38(15-21-9-4-3-5-10-21)16-23(27)18-39-29(28)40-20(2)22-12-24(30(32,33)34)14-25(13-22)31(35,36)37/h3-14,20,23,27-29H,15-18H2,1-2H3/t20-,23+,27-,28+,29-/m1/s1. The van der Waals surface area contributed by atoms with E-state index in [2.05, 4.69) is 17.0 Å². The maximum Gasteiger partial charge on any atom is 0.416 e. The Morgan fingerprint density at radius 1 is 0.875 bits per heavy atom. The van der Waals surface area contributed by atoms with Gasteiger partial charge in [-0.1, -0.05) is 54.6 Å². The fraction of sp³-hybridized carbons (Fsp3) is 0.419. The van der Waals surface area contributed by atoms with Crippen molar-refractivity contribution in [2.75, 3.05) is 19.7 Å². The fourth-order valence-corrected chi connectivity index (χ4v) is 6.02. The molecule has 3 aromatic rings. The summed E-state index contributed by atoms with van der Waals surface area (Å²) in [6, 6.07) is 19.6. The van der Waals surface area contributed by atoms with Crippen molar-refractivity contribution in [1.82, 2.24) is 4.90 Å². The number of hydrogen-bond donors (Lipinski definition) is 0. The van der Waals surface area contributed by atoms with Gasteiger partial charge in [-0.15, -0.1) is 0 Å². The molecule has 0 N–H and O–H groups in total. The first-order valence-electron chi connectivity index (χ1n) is 13.3. The number of rotatable bonds is 6. The van der Waals surface area contributed by atoms with Gasteiger partial charge in [-0.25, -0.2) is 0 Å². The third kappa shape index (κ3) is 6.21. The summed E-state index contributed by atoms with van der Waals surface area (Å²) in [4.78, 5) is 2.37. The average molecular weight is 564 g/mol. The van der Waals surface area contributed by atoms with E-state index >= 15 is 0 Å². The van der Waals surface area contributed by atoms with Crippen molar-refractivity contribution in [2.45, 2.75) is 51.1 Å². The van der Waals surface area contributed by atoms with Crippen LogP contribution in [0.2, 0.25) is 0 Å². The van der Waals surface area contributed by atoms with E-state index in [0.29, 0.717) is 6.61 Å². The molecule has 0 spiro atoms.